The van der Waals surface area contributed by atoms with E-state index in [4.69, 9.17) is 11.6 Å². The van der Waals surface area contributed by atoms with Crippen LogP contribution in [0.25, 0.3) is 0 Å². The van der Waals surface area contributed by atoms with Gasteiger partial charge < -0.3 is 10.6 Å². The molecule has 5 rings (SSSR count). The van der Waals surface area contributed by atoms with Gasteiger partial charge in [-0.25, -0.2) is 18.1 Å². The number of anilines is 3. The number of carbonyl (C=O) groups is 1. The van der Waals surface area contributed by atoms with E-state index in [2.05, 4.69) is 20.3 Å². The molecule has 0 saturated heterocycles. The predicted octanol–water partition coefficient (Wildman–Crippen LogP) is 6.02. The fourth-order valence-corrected chi connectivity index (χ4v) is 5.91. The van der Waals surface area contributed by atoms with Gasteiger partial charge in [0, 0.05) is 29.4 Å². The molecule has 9 heteroatoms. The van der Waals surface area contributed by atoms with E-state index in [-0.39, 0.29) is 16.8 Å². The van der Waals surface area contributed by atoms with Gasteiger partial charge in [-0.15, -0.1) is 0 Å². The molecule has 38 heavy (non-hydrogen) atoms. The van der Waals surface area contributed by atoms with Crippen molar-refractivity contribution >= 4 is 44.7 Å². The molecular weight excluding hydrogens is 520 g/mol. The number of nitrogens with zero attached hydrogens (tertiary/aromatic N) is 1. The number of carbonyl (C=O) groups excluding carboxylic acids is 1. The Morgan fingerprint density at radius 1 is 0.974 bits per heavy atom. The molecule has 1 heterocycles. The van der Waals surface area contributed by atoms with E-state index < -0.39 is 10.0 Å². The van der Waals surface area contributed by atoms with Crippen molar-refractivity contribution < 1.29 is 13.2 Å². The number of halogens is 1. The average molecular weight is 547 g/mol. The smallest absolute Gasteiger partial charge is 0.241 e. The molecule has 7 nitrogen and oxygen atoms in total. The average Bonchev–Trinajstić information content (AvgIpc) is 3.30. The maximum atomic E-state index is 13.0. The van der Waals surface area contributed by atoms with Crippen molar-refractivity contribution in [2.75, 3.05) is 10.6 Å². The molecule has 1 atom stereocenters. The summed E-state index contributed by atoms with van der Waals surface area (Å²) in [5.74, 6) is 0.410. The summed E-state index contributed by atoms with van der Waals surface area (Å²) in [5.41, 5.74) is 4.43. The Hall–Kier alpha value is -3.72. The largest absolute Gasteiger partial charge is 0.338 e. The number of aromatic nitrogens is 1. The van der Waals surface area contributed by atoms with Crippen LogP contribution in [0.2, 0.25) is 5.02 Å². The number of benzene rings is 3. The second-order valence-corrected chi connectivity index (χ2v) is 11.3. The predicted molar refractivity (Wildman–Crippen MR) is 150 cm³/mol. The van der Waals surface area contributed by atoms with Gasteiger partial charge in [0.15, 0.2) is 5.82 Å². The number of hydrogen-bond donors (Lipinski definition) is 3. The molecule has 1 aliphatic carbocycles. The molecule has 1 aliphatic rings. The normalized spacial score (nSPS) is 14.6. The van der Waals surface area contributed by atoms with Crippen molar-refractivity contribution in [1.82, 2.24) is 9.71 Å². The first-order valence-corrected chi connectivity index (χ1v) is 14.2. The Morgan fingerprint density at radius 3 is 2.55 bits per heavy atom. The van der Waals surface area contributed by atoms with Gasteiger partial charge in [-0.3, -0.25) is 4.79 Å². The first-order chi connectivity index (χ1) is 18.4. The minimum Gasteiger partial charge on any atom is -0.338 e. The highest BCUT2D eigenvalue weighted by Crippen LogP contribution is 2.35. The highest BCUT2D eigenvalue weighted by molar-refractivity contribution is 7.89. The minimum absolute atomic E-state index is 0.101. The Morgan fingerprint density at radius 2 is 1.76 bits per heavy atom. The molecule has 0 spiro atoms. The summed E-state index contributed by atoms with van der Waals surface area (Å²) in [5, 5.41) is 6.71. The van der Waals surface area contributed by atoms with Gasteiger partial charge >= 0.3 is 0 Å². The van der Waals surface area contributed by atoms with E-state index in [9.17, 15) is 13.2 Å². The van der Waals surface area contributed by atoms with Gasteiger partial charge in [0.25, 0.3) is 0 Å². The first-order valence-electron chi connectivity index (χ1n) is 12.3. The van der Waals surface area contributed by atoms with Crippen LogP contribution in [0.1, 0.15) is 35.6 Å². The number of aryl methyl sites for hydroxylation is 2. The standard InChI is InChI=1S/C29H27ClN4O3S/c30-22-11-14-24(15-12-22)38(36,37)34-26-16-10-21-9-13-23(19-25(21)26)32-29-27(7-4-18-31-29)33-28(35)17-8-20-5-2-1-3-6-20/h1-7,9,11-15,18-19,26,34H,8,10,16-17H2,(H,31,32)(H,33,35). The Kier molecular flexibility index (Phi) is 7.74. The number of hydrogen-bond acceptors (Lipinski definition) is 5. The summed E-state index contributed by atoms with van der Waals surface area (Å²) in [6.07, 6.45) is 4.09. The molecule has 1 unspecified atom stereocenters. The molecule has 0 fully saturated rings. The third-order valence-electron chi connectivity index (χ3n) is 6.47. The fraction of sp³-hybridized carbons (Fsp3) is 0.172. The zero-order valence-corrected chi connectivity index (χ0v) is 22.1. The topological polar surface area (TPSA) is 100 Å². The zero-order valence-electron chi connectivity index (χ0n) is 20.5. The van der Waals surface area contributed by atoms with Crippen LogP contribution in [0.5, 0.6) is 0 Å². The highest BCUT2D eigenvalue weighted by atomic mass is 35.5. The van der Waals surface area contributed by atoms with E-state index >= 15 is 0 Å². The number of pyridine rings is 1. The van der Waals surface area contributed by atoms with Crippen LogP contribution >= 0.6 is 11.6 Å². The monoisotopic (exact) mass is 546 g/mol. The van der Waals surface area contributed by atoms with Gasteiger partial charge in [0.2, 0.25) is 15.9 Å². The number of nitrogens with one attached hydrogen (secondary N) is 3. The lowest BCUT2D eigenvalue weighted by Crippen LogP contribution is -2.27. The van der Waals surface area contributed by atoms with Crippen molar-refractivity contribution in [3.8, 4) is 0 Å². The maximum absolute atomic E-state index is 13.0. The zero-order chi connectivity index (χ0) is 26.5. The highest BCUT2D eigenvalue weighted by Gasteiger charge is 2.28. The van der Waals surface area contributed by atoms with E-state index in [0.717, 1.165) is 28.8 Å². The van der Waals surface area contributed by atoms with E-state index in [0.29, 0.717) is 35.8 Å². The molecule has 1 aromatic heterocycles. The van der Waals surface area contributed by atoms with Gasteiger partial charge in [-0.2, -0.15) is 0 Å². The van der Waals surface area contributed by atoms with Gasteiger partial charge in [0.1, 0.15) is 0 Å². The quantitative estimate of drug-likeness (QED) is 0.238. The SMILES string of the molecule is O=C(CCc1ccccc1)Nc1cccnc1Nc1ccc2c(c1)C(NS(=O)(=O)c1ccc(Cl)cc1)CC2. The van der Waals surface area contributed by atoms with Gasteiger partial charge in [-0.05, 0) is 84.5 Å². The Labute approximate surface area is 227 Å². The lowest BCUT2D eigenvalue weighted by atomic mass is 10.1. The minimum atomic E-state index is -3.71. The molecule has 4 aromatic rings. The van der Waals surface area contributed by atoms with Crippen molar-refractivity contribution in [2.45, 2.75) is 36.6 Å². The van der Waals surface area contributed by atoms with E-state index in [1.54, 1.807) is 30.5 Å². The van der Waals surface area contributed by atoms with Crippen LogP contribution in [-0.4, -0.2) is 19.3 Å². The molecule has 0 radical (unpaired) electrons. The molecule has 3 aromatic carbocycles. The van der Waals surface area contributed by atoms with Gasteiger partial charge in [0.05, 0.1) is 10.6 Å². The Balaban J connectivity index is 1.28. The molecule has 0 aliphatic heterocycles. The summed E-state index contributed by atoms with van der Waals surface area (Å²) in [6.45, 7) is 0. The number of sulfonamides is 1. The second kappa shape index (κ2) is 11.3. The second-order valence-electron chi connectivity index (χ2n) is 9.14. The van der Waals surface area contributed by atoms with Gasteiger partial charge in [-0.1, -0.05) is 48.0 Å². The lowest BCUT2D eigenvalue weighted by Gasteiger charge is -2.17. The van der Waals surface area contributed by atoms with Crippen LogP contribution in [0, 0.1) is 0 Å². The van der Waals surface area contributed by atoms with Crippen LogP contribution in [-0.2, 0) is 27.7 Å². The summed E-state index contributed by atoms with van der Waals surface area (Å²) in [4.78, 5) is 17.2. The Bertz CT molecular complexity index is 1540. The van der Waals surface area contributed by atoms with Crippen molar-refractivity contribution in [3.05, 3.63) is 113 Å². The number of amides is 1. The molecule has 3 N–H and O–H groups in total. The van der Waals surface area contributed by atoms with Crippen LogP contribution in [0.4, 0.5) is 17.2 Å². The van der Waals surface area contributed by atoms with Crippen molar-refractivity contribution in [1.29, 1.82) is 0 Å². The third-order valence-corrected chi connectivity index (χ3v) is 8.21. The number of rotatable bonds is 9. The van der Waals surface area contributed by atoms with Crippen LogP contribution in [0.15, 0.2) is 96.0 Å². The van der Waals surface area contributed by atoms with E-state index in [1.165, 1.54) is 12.1 Å². The van der Waals surface area contributed by atoms with E-state index in [1.807, 2.05) is 48.5 Å². The summed E-state index contributed by atoms with van der Waals surface area (Å²) in [7, 11) is -3.71. The molecule has 0 saturated carbocycles. The molecule has 1 amide bonds. The molecule has 0 bridgehead atoms. The summed E-state index contributed by atoms with van der Waals surface area (Å²) >= 11 is 5.91. The first kappa shape index (κ1) is 25.9. The molecule has 194 valence electrons. The molecular formula is C29H27ClN4O3S. The summed E-state index contributed by atoms with van der Waals surface area (Å²) < 4.78 is 28.7. The van der Waals surface area contributed by atoms with Crippen molar-refractivity contribution in [2.24, 2.45) is 0 Å². The maximum Gasteiger partial charge on any atom is 0.241 e. The third kappa shape index (κ3) is 6.22. The lowest BCUT2D eigenvalue weighted by molar-refractivity contribution is -0.116. The fourth-order valence-electron chi connectivity index (χ4n) is 4.53. The summed E-state index contributed by atoms with van der Waals surface area (Å²) in [6, 6.07) is 25.1. The number of fused-ring (bicyclic) bond motifs is 1. The van der Waals surface area contributed by atoms with Crippen LogP contribution < -0.4 is 15.4 Å². The van der Waals surface area contributed by atoms with Crippen molar-refractivity contribution in [3.63, 3.8) is 0 Å². The van der Waals surface area contributed by atoms with Crippen LogP contribution in [0.3, 0.4) is 0 Å².